The van der Waals surface area contributed by atoms with E-state index in [9.17, 15) is 4.79 Å². The molecule has 0 atom stereocenters. The molecule has 0 saturated heterocycles. The zero-order valence-electron chi connectivity index (χ0n) is 18.9. The summed E-state index contributed by atoms with van der Waals surface area (Å²) in [5, 5.41) is 6.17. The lowest BCUT2D eigenvalue weighted by Crippen LogP contribution is -2.20. The number of rotatable bonds is 6. The van der Waals surface area contributed by atoms with E-state index >= 15 is 0 Å². The van der Waals surface area contributed by atoms with Crippen LogP contribution in [0.4, 0.5) is 16.2 Å². The molecule has 4 rings (SSSR count). The number of para-hydroxylation sites is 1. The van der Waals surface area contributed by atoms with Crippen molar-refractivity contribution in [3.63, 3.8) is 0 Å². The van der Waals surface area contributed by atoms with Crippen molar-refractivity contribution in [2.24, 2.45) is 4.99 Å². The summed E-state index contributed by atoms with van der Waals surface area (Å²) in [7, 11) is 3.28. The van der Waals surface area contributed by atoms with Crippen LogP contribution < -0.4 is 20.1 Å². The van der Waals surface area contributed by atoms with Crippen molar-refractivity contribution in [2.45, 2.75) is 19.8 Å². The molecule has 0 fully saturated rings. The van der Waals surface area contributed by atoms with Crippen LogP contribution in [0, 0.1) is 6.92 Å². The summed E-state index contributed by atoms with van der Waals surface area (Å²) in [5.41, 5.74) is 6.62. The second kappa shape index (κ2) is 9.96. The molecule has 3 aromatic carbocycles. The Morgan fingerprint density at radius 3 is 2.45 bits per heavy atom. The molecular formula is C26H26ClN3O3. The smallest absolute Gasteiger partial charge is 0.323 e. The Labute approximate surface area is 198 Å². The predicted molar refractivity (Wildman–Crippen MR) is 134 cm³/mol. The van der Waals surface area contributed by atoms with Gasteiger partial charge in [-0.05, 0) is 60.4 Å². The molecule has 0 aliphatic carbocycles. The molecule has 0 saturated carbocycles. The van der Waals surface area contributed by atoms with Crippen LogP contribution in [0.5, 0.6) is 11.5 Å². The largest absolute Gasteiger partial charge is 0.493 e. The Balaban J connectivity index is 1.44. The first kappa shape index (κ1) is 22.7. The molecule has 0 bridgehead atoms. The number of ether oxygens (including phenoxy) is 2. The molecule has 0 unspecified atom stereocenters. The quantitative estimate of drug-likeness (QED) is 0.478. The van der Waals surface area contributed by atoms with Gasteiger partial charge in [0.15, 0.2) is 11.5 Å². The van der Waals surface area contributed by atoms with E-state index in [1.165, 1.54) is 5.56 Å². The number of aliphatic imine (C=N–C) groups is 1. The number of carbonyl (C=O) groups is 1. The van der Waals surface area contributed by atoms with Gasteiger partial charge in [0.25, 0.3) is 0 Å². The number of methoxy groups -OCH3 is 2. The van der Waals surface area contributed by atoms with Crippen LogP contribution in [-0.4, -0.2) is 32.5 Å². The van der Waals surface area contributed by atoms with Crippen molar-refractivity contribution >= 4 is 34.7 Å². The summed E-state index contributed by atoms with van der Waals surface area (Å²) in [6.45, 7) is 2.65. The molecule has 2 amide bonds. The minimum atomic E-state index is -0.342. The molecule has 0 radical (unpaired) electrons. The SMILES string of the molecule is COc1cc2c(cc1OC)C(Cc1ccc(NC(=O)Nc3c(C)cccc3Cl)cc1)=NCC2. The Morgan fingerprint density at radius 2 is 1.76 bits per heavy atom. The highest BCUT2D eigenvalue weighted by atomic mass is 35.5. The van der Waals surface area contributed by atoms with E-state index in [1.807, 2.05) is 55.5 Å². The van der Waals surface area contributed by atoms with Crippen molar-refractivity contribution in [3.8, 4) is 11.5 Å². The molecule has 0 spiro atoms. The summed E-state index contributed by atoms with van der Waals surface area (Å²) in [5.74, 6) is 1.43. The summed E-state index contributed by atoms with van der Waals surface area (Å²) in [6, 6.07) is 16.9. The van der Waals surface area contributed by atoms with Gasteiger partial charge in [-0.15, -0.1) is 0 Å². The first-order chi connectivity index (χ1) is 16.0. The highest BCUT2D eigenvalue weighted by Gasteiger charge is 2.19. The molecule has 3 aromatic rings. The summed E-state index contributed by atoms with van der Waals surface area (Å²) in [4.78, 5) is 17.2. The van der Waals surface area contributed by atoms with Crippen molar-refractivity contribution in [1.29, 1.82) is 0 Å². The molecule has 33 heavy (non-hydrogen) atoms. The Hall–Kier alpha value is -3.51. The summed E-state index contributed by atoms with van der Waals surface area (Å²) in [6.07, 6.45) is 1.57. The lowest BCUT2D eigenvalue weighted by atomic mass is 9.93. The molecule has 0 aromatic heterocycles. The van der Waals surface area contributed by atoms with Gasteiger partial charge in [-0.2, -0.15) is 0 Å². The van der Waals surface area contributed by atoms with E-state index in [-0.39, 0.29) is 6.03 Å². The van der Waals surface area contributed by atoms with Gasteiger partial charge in [0.2, 0.25) is 0 Å². The fraction of sp³-hybridized carbons (Fsp3) is 0.231. The number of nitrogens with zero attached hydrogens (tertiary/aromatic N) is 1. The van der Waals surface area contributed by atoms with Gasteiger partial charge >= 0.3 is 6.03 Å². The Kier molecular flexibility index (Phi) is 6.84. The van der Waals surface area contributed by atoms with Crippen molar-refractivity contribution in [2.75, 3.05) is 31.4 Å². The molecule has 1 aliphatic heterocycles. The number of amides is 2. The number of aryl methyl sites for hydroxylation is 1. The molecule has 1 heterocycles. The van der Waals surface area contributed by atoms with Crippen molar-refractivity contribution in [3.05, 3.63) is 81.9 Å². The molecule has 7 heteroatoms. The van der Waals surface area contributed by atoms with Gasteiger partial charge in [-0.1, -0.05) is 35.9 Å². The molecule has 1 aliphatic rings. The van der Waals surface area contributed by atoms with Crippen LogP contribution in [0.2, 0.25) is 5.02 Å². The van der Waals surface area contributed by atoms with Crippen LogP contribution in [-0.2, 0) is 12.8 Å². The maximum absolute atomic E-state index is 12.4. The van der Waals surface area contributed by atoms with Gasteiger partial charge < -0.3 is 20.1 Å². The maximum atomic E-state index is 12.4. The molecule has 6 nitrogen and oxygen atoms in total. The zero-order valence-corrected chi connectivity index (χ0v) is 19.6. The topological polar surface area (TPSA) is 72.0 Å². The highest BCUT2D eigenvalue weighted by molar-refractivity contribution is 6.34. The Morgan fingerprint density at radius 1 is 1.03 bits per heavy atom. The third-order valence-corrected chi connectivity index (χ3v) is 5.96. The predicted octanol–water partition coefficient (Wildman–Crippen LogP) is 5.90. The number of benzene rings is 3. The standard InChI is InChI=1S/C26H26ClN3O3/c1-16-5-4-6-21(27)25(16)30-26(31)29-19-9-7-17(8-10-19)13-22-20-15-24(33-3)23(32-2)14-18(20)11-12-28-22/h4-10,14-15H,11-13H2,1-3H3,(H2,29,30,31). The lowest BCUT2D eigenvalue weighted by molar-refractivity contribution is 0.262. The highest BCUT2D eigenvalue weighted by Crippen LogP contribution is 2.33. The van der Waals surface area contributed by atoms with Gasteiger partial charge in [0.1, 0.15) is 0 Å². The number of urea groups is 1. The van der Waals surface area contributed by atoms with E-state index in [1.54, 1.807) is 20.3 Å². The summed E-state index contributed by atoms with van der Waals surface area (Å²) >= 11 is 6.19. The first-order valence-corrected chi connectivity index (χ1v) is 11.1. The summed E-state index contributed by atoms with van der Waals surface area (Å²) < 4.78 is 10.9. The van der Waals surface area contributed by atoms with Gasteiger partial charge in [-0.25, -0.2) is 4.79 Å². The van der Waals surface area contributed by atoms with E-state index < -0.39 is 0 Å². The fourth-order valence-electron chi connectivity index (χ4n) is 3.91. The first-order valence-electron chi connectivity index (χ1n) is 10.7. The van der Waals surface area contributed by atoms with E-state index in [4.69, 9.17) is 26.1 Å². The second-order valence-electron chi connectivity index (χ2n) is 7.83. The Bertz CT molecular complexity index is 1190. The van der Waals surface area contributed by atoms with E-state index in [0.717, 1.165) is 41.1 Å². The van der Waals surface area contributed by atoms with Gasteiger partial charge in [-0.3, -0.25) is 4.99 Å². The number of fused-ring (bicyclic) bond motifs is 1. The van der Waals surface area contributed by atoms with E-state index in [0.29, 0.717) is 28.6 Å². The van der Waals surface area contributed by atoms with Crippen molar-refractivity contribution < 1.29 is 14.3 Å². The maximum Gasteiger partial charge on any atom is 0.323 e. The number of anilines is 2. The number of hydrogen-bond donors (Lipinski definition) is 2. The average molecular weight is 464 g/mol. The molecule has 170 valence electrons. The fourth-order valence-corrected chi connectivity index (χ4v) is 4.18. The average Bonchev–Trinajstić information content (AvgIpc) is 2.82. The molecular weight excluding hydrogens is 438 g/mol. The van der Waals surface area contributed by atoms with Crippen LogP contribution in [0.25, 0.3) is 0 Å². The minimum absolute atomic E-state index is 0.342. The zero-order chi connectivity index (χ0) is 23.4. The molecule has 2 N–H and O–H groups in total. The monoisotopic (exact) mass is 463 g/mol. The number of nitrogens with one attached hydrogen (secondary N) is 2. The minimum Gasteiger partial charge on any atom is -0.493 e. The second-order valence-corrected chi connectivity index (χ2v) is 8.23. The normalized spacial score (nSPS) is 12.4. The van der Waals surface area contributed by atoms with Crippen LogP contribution in [0.3, 0.4) is 0 Å². The lowest BCUT2D eigenvalue weighted by Gasteiger charge is -2.20. The van der Waals surface area contributed by atoms with E-state index in [2.05, 4.69) is 10.6 Å². The van der Waals surface area contributed by atoms with Crippen molar-refractivity contribution in [1.82, 2.24) is 0 Å². The van der Waals surface area contributed by atoms with Crippen LogP contribution in [0.15, 0.2) is 59.6 Å². The number of hydrogen-bond acceptors (Lipinski definition) is 4. The van der Waals surface area contributed by atoms with Gasteiger partial charge in [0, 0.05) is 29.9 Å². The van der Waals surface area contributed by atoms with Crippen LogP contribution in [0.1, 0.15) is 22.3 Å². The third-order valence-electron chi connectivity index (χ3n) is 5.65. The third kappa shape index (κ3) is 5.12. The number of halogens is 1. The number of carbonyl (C=O) groups excluding carboxylic acids is 1. The van der Waals surface area contributed by atoms with Gasteiger partial charge in [0.05, 0.1) is 24.9 Å². The van der Waals surface area contributed by atoms with Crippen LogP contribution >= 0.6 is 11.6 Å².